The second kappa shape index (κ2) is 6.32. The maximum Gasteiger partial charge on any atom is 0.312 e. The van der Waals surface area contributed by atoms with Crippen LogP contribution in [0.2, 0.25) is 0 Å². The Labute approximate surface area is 161 Å². The smallest absolute Gasteiger partial charge is 0.312 e. The number of halogens is 2. The van der Waals surface area contributed by atoms with Crippen LogP contribution in [-0.2, 0) is 14.3 Å². The van der Waals surface area contributed by atoms with Gasteiger partial charge in [0.2, 0.25) is 0 Å². The number of rotatable bonds is 4. The van der Waals surface area contributed by atoms with E-state index in [2.05, 4.69) is 21.2 Å². The van der Waals surface area contributed by atoms with Crippen LogP contribution in [0.15, 0.2) is 24.3 Å². The van der Waals surface area contributed by atoms with Crippen LogP contribution in [0.1, 0.15) is 45.4 Å². The van der Waals surface area contributed by atoms with Gasteiger partial charge in [-0.15, -0.1) is 0 Å². The fourth-order valence-electron chi connectivity index (χ4n) is 5.53. The molecular weight excluding hydrogens is 401 g/mol. The van der Waals surface area contributed by atoms with Crippen molar-refractivity contribution in [1.82, 2.24) is 0 Å². The van der Waals surface area contributed by atoms with Crippen molar-refractivity contribution in [1.29, 1.82) is 0 Å². The minimum Gasteiger partial charge on any atom is -0.452 e. The van der Waals surface area contributed by atoms with E-state index in [9.17, 15) is 14.0 Å². The lowest BCUT2D eigenvalue weighted by Gasteiger charge is -2.58. The Morgan fingerprint density at radius 1 is 1.23 bits per heavy atom. The van der Waals surface area contributed by atoms with Gasteiger partial charge >= 0.3 is 5.97 Å². The molecule has 0 aliphatic heterocycles. The van der Waals surface area contributed by atoms with Crippen molar-refractivity contribution in [3.8, 4) is 0 Å². The Morgan fingerprint density at radius 2 is 1.88 bits per heavy atom. The van der Waals surface area contributed by atoms with Crippen LogP contribution in [0.25, 0.3) is 0 Å². The first-order valence-corrected chi connectivity index (χ1v) is 10.0. The summed E-state index contributed by atoms with van der Waals surface area (Å²) >= 11 is 3.88. The molecular formula is C20H23BrFNO3. The summed E-state index contributed by atoms with van der Waals surface area (Å²) in [5, 5.41) is 2.50. The second-order valence-corrected chi connectivity index (χ2v) is 10.1. The predicted octanol–water partition coefficient (Wildman–Crippen LogP) is 4.43. The van der Waals surface area contributed by atoms with E-state index in [1.165, 1.54) is 18.6 Å². The molecule has 3 atom stereocenters. The van der Waals surface area contributed by atoms with Gasteiger partial charge in [-0.25, -0.2) is 4.39 Å². The highest BCUT2D eigenvalue weighted by Gasteiger charge is 2.60. The fourth-order valence-corrected chi connectivity index (χ4v) is 6.98. The van der Waals surface area contributed by atoms with E-state index >= 15 is 0 Å². The summed E-state index contributed by atoms with van der Waals surface area (Å²) in [6.45, 7) is 1.54. The molecule has 3 unspecified atom stereocenters. The Kier molecular flexibility index (Phi) is 4.37. The number of benzene rings is 1. The number of hydrogen-bond acceptors (Lipinski definition) is 3. The number of esters is 1. The third kappa shape index (κ3) is 3.17. The molecule has 4 aliphatic carbocycles. The summed E-state index contributed by atoms with van der Waals surface area (Å²) in [7, 11) is 0. The van der Waals surface area contributed by atoms with Gasteiger partial charge in [0, 0.05) is 4.32 Å². The minimum absolute atomic E-state index is 0.0504. The molecule has 0 radical (unpaired) electrons. The van der Waals surface area contributed by atoms with E-state index < -0.39 is 23.2 Å². The lowest BCUT2D eigenvalue weighted by atomic mass is 9.49. The van der Waals surface area contributed by atoms with Crippen LogP contribution in [0.3, 0.4) is 0 Å². The van der Waals surface area contributed by atoms with Crippen LogP contribution >= 0.6 is 15.9 Å². The lowest BCUT2D eigenvalue weighted by molar-refractivity contribution is -0.175. The molecule has 4 fully saturated rings. The molecule has 5 rings (SSSR count). The van der Waals surface area contributed by atoms with Crippen molar-refractivity contribution in [3.05, 3.63) is 30.1 Å². The van der Waals surface area contributed by atoms with Crippen molar-refractivity contribution in [2.24, 2.45) is 17.3 Å². The summed E-state index contributed by atoms with van der Waals surface area (Å²) in [5.74, 6) is -0.175. The molecule has 26 heavy (non-hydrogen) atoms. The highest BCUT2D eigenvalue weighted by Crippen LogP contribution is 2.64. The van der Waals surface area contributed by atoms with E-state index in [0.717, 1.165) is 32.1 Å². The standard InChI is InChI=1S/C20H23BrFNO3/c1-12(17(24)23-16-5-3-2-4-15(16)22)26-18(25)19-7-13-6-14(8-19)10-20(21,9-13)11-19/h2-5,12-14H,6-11H2,1H3,(H,23,24). The van der Waals surface area contributed by atoms with E-state index in [-0.39, 0.29) is 16.0 Å². The summed E-state index contributed by atoms with van der Waals surface area (Å²) in [5.41, 5.74) is -0.380. The van der Waals surface area contributed by atoms with Crippen molar-refractivity contribution in [2.45, 2.75) is 55.9 Å². The van der Waals surface area contributed by atoms with E-state index in [0.29, 0.717) is 11.8 Å². The molecule has 4 nitrogen and oxygen atoms in total. The van der Waals surface area contributed by atoms with Crippen molar-refractivity contribution in [2.75, 3.05) is 5.32 Å². The van der Waals surface area contributed by atoms with Crippen LogP contribution < -0.4 is 5.32 Å². The van der Waals surface area contributed by atoms with Gasteiger partial charge in [0.1, 0.15) is 5.82 Å². The summed E-state index contributed by atoms with van der Waals surface area (Å²) in [4.78, 5) is 25.3. The molecule has 140 valence electrons. The Morgan fingerprint density at radius 3 is 2.50 bits per heavy atom. The third-order valence-electron chi connectivity index (χ3n) is 6.21. The maximum absolute atomic E-state index is 13.7. The lowest BCUT2D eigenvalue weighted by Crippen LogP contribution is -2.56. The van der Waals surface area contributed by atoms with Crippen molar-refractivity contribution >= 4 is 33.5 Å². The van der Waals surface area contributed by atoms with Crippen LogP contribution in [0.4, 0.5) is 10.1 Å². The largest absolute Gasteiger partial charge is 0.452 e. The molecule has 0 spiro atoms. The van der Waals surface area contributed by atoms with Gasteiger partial charge < -0.3 is 10.1 Å². The summed E-state index contributed by atoms with van der Waals surface area (Å²) in [6.07, 6.45) is 5.00. The van der Waals surface area contributed by atoms with E-state index in [4.69, 9.17) is 4.74 Å². The molecule has 1 amide bonds. The van der Waals surface area contributed by atoms with Gasteiger partial charge in [-0.3, -0.25) is 9.59 Å². The zero-order valence-corrected chi connectivity index (χ0v) is 16.4. The zero-order valence-electron chi connectivity index (χ0n) is 14.8. The SMILES string of the molecule is CC(OC(=O)C12CC3CC(CC(Br)(C3)C1)C2)C(=O)Nc1ccccc1F. The number of ether oxygens (including phenoxy) is 1. The first kappa shape index (κ1) is 18.0. The number of alkyl halides is 1. The molecule has 0 heterocycles. The molecule has 1 aromatic rings. The number of amides is 1. The molecule has 1 N–H and O–H groups in total. The molecule has 6 heteroatoms. The Hall–Kier alpha value is -1.43. The normalized spacial score (nSPS) is 35.8. The van der Waals surface area contributed by atoms with Gasteiger partial charge in [-0.2, -0.15) is 0 Å². The molecule has 0 saturated heterocycles. The number of carbonyl (C=O) groups excluding carboxylic acids is 2. The highest BCUT2D eigenvalue weighted by molar-refractivity contribution is 9.10. The molecule has 4 saturated carbocycles. The number of anilines is 1. The third-order valence-corrected chi connectivity index (χ3v) is 7.14. The van der Waals surface area contributed by atoms with Gasteiger partial charge in [0.25, 0.3) is 5.91 Å². The number of para-hydroxylation sites is 1. The van der Waals surface area contributed by atoms with E-state index in [1.54, 1.807) is 19.1 Å². The minimum atomic E-state index is -0.957. The van der Waals surface area contributed by atoms with Crippen LogP contribution in [-0.4, -0.2) is 22.3 Å². The van der Waals surface area contributed by atoms with E-state index in [1.807, 2.05) is 0 Å². The molecule has 0 aromatic heterocycles. The number of hydrogen-bond donors (Lipinski definition) is 1. The molecule has 4 bridgehead atoms. The average Bonchev–Trinajstić information content (AvgIpc) is 2.54. The molecule has 1 aromatic carbocycles. The van der Waals surface area contributed by atoms with Gasteiger partial charge in [-0.1, -0.05) is 28.1 Å². The Balaban J connectivity index is 1.43. The van der Waals surface area contributed by atoms with Crippen LogP contribution in [0.5, 0.6) is 0 Å². The maximum atomic E-state index is 13.7. The first-order chi connectivity index (χ1) is 12.3. The highest BCUT2D eigenvalue weighted by atomic mass is 79.9. The summed E-state index contributed by atoms with van der Waals surface area (Å²) in [6, 6.07) is 5.95. The topological polar surface area (TPSA) is 55.4 Å². The zero-order chi connectivity index (χ0) is 18.5. The number of nitrogens with one attached hydrogen (secondary N) is 1. The average molecular weight is 424 g/mol. The number of carbonyl (C=O) groups is 2. The fraction of sp³-hybridized carbons (Fsp3) is 0.600. The van der Waals surface area contributed by atoms with Crippen molar-refractivity contribution in [3.63, 3.8) is 0 Å². The quantitative estimate of drug-likeness (QED) is 0.575. The van der Waals surface area contributed by atoms with Crippen LogP contribution in [0, 0.1) is 23.1 Å². The van der Waals surface area contributed by atoms with Gasteiger partial charge in [0.15, 0.2) is 6.10 Å². The monoisotopic (exact) mass is 423 g/mol. The van der Waals surface area contributed by atoms with Gasteiger partial charge in [0.05, 0.1) is 11.1 Å². The predicted molar refractivity (Wildman–Crippen MR) is 99.4 cm³/mol. The second-order valence-electron chi connectivity index (χ2n) is 8.41. The van der Waals surface area contributed by atoms with Crippen molar-refractivity contribution < 1.29 is 18.7 Å². The molecule has 4 aliphatic rings. The Bertz CT molecular complexity index is 738. The first-order valence-electron chi connectivity index (χ1n) is 9.24. The van der Waals surface area contributed by atoms with Gasteiger partial charge in [-0.05, 0) is 69.4 Å². The summed E-state index contributed by atoms with van der Waals surface area (Å²) < 4.78 is 19.3.